The van der Waals surface area contributed by atoms with Crippen molar-refractivity contribution in [3.8, 4) is 0 Å². The molecule has 5 nitrogen and oxygen atoms in total. The highest BCUT2D eigenvalue weighted by atomic mass is 35.5. The van der Waals surface area contributed by atoms with Crippen LogP contribution < -0.4 is 5.32 Å². The van der Waals surface area contributed by atoms with Gasteiger partial charge in [-0.05, 0) is 74.4 Å². The number of carbonyl (C=O) groups excluding carboxylic acids is 1. The number of carbonyl (C=O) groups is 1. The Morgan fingerprint density at radius 2 is 1.77 bits per heavy atom. The first-order valence-electron chi connectivity index (χ1n) is 10.3. The maximum Gasteiger partial charge on any atom is 0.253 e. The standard InChI is InChI=1S/C23H29ClN2O3S/c1-15-9-11-26(12-10-15)30(28,29)20-7-8-22(24)21(14-20)23(27)25-18(4)19-6-5-16(2)17(3)13-19/h5-8,13-15,18H,9-12H2,1-4H3,(H,25,27)/t18-/m0/s1. The minimum absolute atomic E-state index is 0.102. The van der Waals surface area contributed by atoms with Crippen molar-refractivity contribution < 1.29 is 13.2 Å². The van der Waals surface area contributed by atoms with Gasteiger partial charge in [0.15, 0.2) is 0 Å². The molecule has 1 aliphatic heterocycles. The number of piperidine rings is 1. The Morgan fingerprint density at radius 3 is 2.40 bits per heavy atom. The second-order valence-electron chi connectivity index (χ2n) is 8.27. The van der Waals surface area contributed by atoms with Crippen LogP contribution in [0.1, 0.15) is 59.8 Å². The lowest BCUT2D eigenvalue weighted by Crippen LogP contribution is -2.38. The van der Waals surface area contributed by atoms with Gasteiger partial charge in [-0.3, -0.25) is 4.79 Å². The molecule has 0 radical (unpaired) electrons. The fraction of sp³-hybridized carbons (Fsp3) is 0.435. The number of hydrogen-bond donors (Lipinski definition) is 1. The summed E-state index contributed by atoms with van der Waals surface area (Å²) < 4.78 is 27.6. The number of hydrogen-bond acceptors (Lipinski definition) is 3. The molecule has 162 valence electrons. The van der Waals surface area contributed by atoms with Crippen LogP contribution in [-0.4, -0.2) is 31.7 Å². The lowest BCUT2D eigenvalue weighted by molar-refractivity contribution is 0.0940. The van der Waals surface area contributed by atoms with Gasteiger partial charge in [-0.15, -0.1) is 0 Å². The van der Waals surface area contributed by atoms with Gasteiger partial charge in [0.25, 0.3) is 5.91 Å². The minimum atomic E-state index is -3.65. The quantitative estimate of drug-likeness (QED) is 0.709. The fourth-order valence-corrected chi connectivity index (χ4v) is 5.30. The van der Waals surface area contributed by atoms with E-state index in [1.54, 1.807) is 0 Å². The average Bonchev–Trinajstić information content (AvgIpc) is 2.70. The van der Waals surface area contributed by atoms with Gasteiger partial charge in [-0.2, -0.15) is 4.31 Å². The third-order valence-corrected chi connectivity index (χ3v) is 8.17. The van der Waals surface area contributed by atoms with Crippen LogP contribution in [0.4, 0.5) is 0 Å². The molecule has 1 amide bonds. The highest BCUT2D eigenvalue weighted by Gasteiger charge is 2.29. The molecule has 0 aromatic heterocycles. The Morgan fingerprint density at radius 1 is 1.10 bits per heavy atom. The zero-order chi connectivity index (χ0) is 22.1. The molecule has 1 aliphatic rings. The third kappa shape index (κ3) is 4.88. The smallest absolute Gasteiger partial charge is 0.253 e. The predicted molar refractivity (Wildman–Crippen MR) is 120 cm³/mol. The van der Waals surface area contributed by atoms with Crippen LogP contribution in [0.15, 0.2) is 41.3 Å². The highest BCUT2D eigenvalue weighted by molar-refractivity contribution is 7.89. The molecule has 0 saturated carbocycles. The van der Waals surface area contributed by atoms with Crippen molar-refractivity contribution in [1.82, 2.24) is 9.62 Å². The van der Waals surface area contributed by atoms with E-state index in [0.717, 1.165) is 24.0 Å². The molecule has 3 rings (SSSR count). The average molecular weight is 449 g/mol. The molecule has 1 saturated heterocycles. The summed E-state index contributed by atoms with van der Waals surface area (Å²) in [5.74, 6) is 0.130. The first kappa shape index (κ1) is 22.8. The molecule has 0 bridgehead atoms. The lowest BCUT2D eigenvalue weighted by atomic mass is 10.0. The number of nitrogens with one attached hydrogen (secondary N) is 1. The van der Waals surface area contributed by atoms with Crippen molar-refractivity contribution >= 4 is 27.5 Å². The number of benzene rings is 2. The molecule has 0 unspecified atom stereocenters. The summed E-state index contributed by atoms with van der Waals surface area (Å²) in [6.07, 6.45) is 1.68. The second kappa shape index (κ2) is 9.08. The summed E-state index contributed by atoms with van der Waals surface area (Å²) in [4.78, 5) is 13.0. The second-order valence-corrected chi connectivity index (χ2v) is 10.6. The van der Waals surface area contributed by atoms with E-state index in [2.05, 4.69) is 12.2 Å². The van der Waals surface area contributed by atoms with Crippen molar-refractivity contribution in [2.75, 3.05) is 13.1 Å². The normalized spacial score (nSPS) is 17.0. The topological polar surface area (TPSA) is 66.5 Å². The van der Waals surface area contributed by atoms with E-state index in [-0.39, 0.29) is 21.5 Å². The highest BCUT2D eigenvalue weighted by Crippen LogP contribution is 2.27. The molecular formula is C23H29ClN2O3S. The Labute approximate surface area is 184 Å². The van der Waals surface area contributed by atoms with E-state index >= 15 is 0 Å². The number of halogens is 1. The van der Waals surface area contributed by atoms with Gasteiger partial charge in [-0.25, -0.2) is 8.42 Å². The van der Waals surface area contributed by atoms with Crippen LogP contribution in [0.2, 0.25) is 5.02 Å². The molecule has 1 heterocycles. The molecule has 1 N–H and O–H groups in total. The van der Waals surface area contributed by atoms with Crippen LogP contribution in [0.3, 0.4) is 0 Å². The van der Waals surface area contributed by atoms with Crippen molar-refractivity contribution in [3.63, 3.8) is 0 Å². The SMILES string of the molecule is Cc1ccc([C@H](C)NC(=O)c2cc(S(=O)(=O)N3CCC(C)CC3)ccc2Cl)cc1C. The van der Waals surface area contributed by atoms with E-state index in [9.17, 15) is 13.2 Å². The molecule has 7 heteroatoms. The summed E-state index contributed by atoms with van der Waals surface area (Å²) >= 11 is 6.25. The van der Waals surface area contributed by atoms with Gasteiger partial charge >= 0.3 is 0 Å². The van der Waals surface area contributed by atoms with Crippen LogP contribution in [0.25, 0.3) is 0 Å². The summed E-state index contributed by atoms with van der Waals surface area (Å²) in [6.45, 7) is 9.09. The van der Waals surface area contributed by atoms with Crippen molar-refractivity contribution in [2.45, 2.75) is 51.5 Å². The van der Waals surface area contributed by atoms with Crippen LogP contribution in [-0.2, 0) is 10.0 Å². The molecule has 2 aromatic rings. The number of rotatable bonds is 5. The van der Waals surface area contributed by atoms with Crippen molar-refractivity contribution in [3.05, 3.63) is 63.7 Å². The maximum atomic E-state index is 13.0. The van der Waals surface area contributed by atoms with E-state index in [4.69, 9.17) is 11.6 Å². The number of sulfonamides is 1. The Hall–Kier alpha value is -1.89. The molecule has 1 fully saturated rings. The van der Waals surface area contributed by atoms with E-state index < -0.39 is 15.9 Å². The third-order valence-electron chi connectivity index (χ3n) is 5.94. The molecule has 30 heavy (non-hydrogen) atoms. The van der Waals surface area contributed by atoms with Crippen molar-refractivity contribution in [1.29, 1.82) is 0 Å². The summed E-state index contributed by atoms with van der Waals surface area (Å²) in [5, 5.41) is 3.16. The summed E-state index contributed by atoms with van der Waals surface area (Å²) in [7, 11) is -3.65. The Balaban J connectivity index is 1.82. The van der Waals surface area contributed by atoms with Gasteiger partial charge in [0.2, 0.25) is 10.0 Å². The summed E-state index contributed by atoms with van der Waals surface area (Å²) in [5.41, 5.74) is 3.48. The largest absolute Gasteiger partial charge is 0.345 e. The van der Waals surface area contributed by atoms with Crippen molar-refractivity contribution in [2.24, 2.45) is 5.92 Å². The predicted octanol–water partition coefficient (Wildman–Crippen LogP) is 4.87. The summed E-state index contributed by atoms with van der Waals surface area (Å²) in [6, 6.07) is 10.1. The Kier molecular flexibility index (Phi) is 6.90. The van der Waals surface area contributed by atoms with Gasteiger partial charge in [-0.1, -0.05) is 36.7 Å². The van der Waals surface area contributed by atoms with Gasteiger partial charge < -0.3 is 5.32 Å². The van der Waals surface area contributed by atoms with Gasteiger partial charge in [0, 0.05) is 13.1 Å². The van der Waals surface area contributed by atoms with Crippen LogP contribution >= 0.6 is 11.6 Å². The zero-order valence-corrected chi connectivity index (χ0v) is 19.5. The first-order valence-corrected chi connectivity index (χ1v) is 12.1. The van der Waals surface area contributed by atoms with Crippen LogP contribution in [0.5, 0.6) is 0 Å². The number of nitrogens with zero attached hydrogens (tertiary/aromatic N) is 1. The number of amides is 1. The Bertz CT molecular complexity index is 1040. The molecule has 1 atom stereocenters. The fourth-order valence-electron chi connectivity index (χ4n) is 3.60. The minimum Gasteiger partial charge on any atom is -0.345 e. The van der Waals surface area contributed by atoms with E-state index in [0.29, 0.717) is 19.0 Å². The zero-order valence-electron chi connectivity index (χ0n) is 17.9. The maximum absolute atomic E-state index is 13.0. The first-order chi connectivity index (χ1) is 14.1. The molecule has 0 aliphatic carbocycles. The molecule has 2 aromatic carbocycles. The number of aryl methyl sites for hydroxylation is 2. The monoisotopic (exact) mass is 448 g/mol. The molecule has 0 spiro atoms. The molecular weight excluding hydrogens is 420 g/mol. The van der Waals surface area contributed by atoms with E-state index in [1.165, 1.54) is 28.1 Å². The van der Waals surface area contributed by atoms with Gasteiger partial charge in [0.05, 0.1) is 21.5 Å². The van der Waals surface area contributed by atoms with Gasteiger partial charge in [0.1, 0.15) is 0 Å². The lowest BCUT2D eigenvalue weighted by Gasteiger charge is -2.29. The van der Waals surface area contributed by atoms with Crippen LogP contribution in [0, 0.1) is 19.8 Å². The van der Waals surface area contributed by atoms with E-state index in [1.807, 2.05) is 39.0 Å².